The number of aliphatic carboxylic acids is 1. The first kappa shape index (κ1) is 17.3. The Morgan fingerprint density at radius 2 is 1.84 bits per heavy atom. The van der Waals surface area contributed by atoms with Crippen LogP contribution in [-0.4, -0.2) is 56.0 Å². The fourth-order valence-electron chi connectivity index (χ4n) is 0.994. The normalized spacial score (nSPS) is 10.3. The molecular weight excluding hydrogens is 256 g/mol. The maximum Gasteiger partial charge on any atom is 0.329 e. The van der Waals surface area contributed by atoms with Gasteiger partial charge in [0.05, 0.1) is 6.61 Å². The largest absolute Gasteiger partial charge is 0.480 e. The number of nitrogens with one attached hydrogen (secondary N) is 2. The smallest absolute Gasteiger partial charge is 0.329 e. The van der Waals surface area contributed by atoms with E-state index >= 15 is 0 Å². The number of ether oxygens (including phenoxy) is 2. The van der Waals surface area contributed by atoms with Crippen LogP contribution in [0.5, 0.6) is 0 Å². The molecule has 0 radical (unpaired) electrons. The lowest BCUT2D eigenvalue weighted by Crippen LogP contribution is -2.42. The molecule has 0 aromatic carbocycles. The molecule has 0 bridgehead atoms. The summed E-state index contributed by atoms with van der Waals surface area (Å²) in [5.74, 6) is -1.47. The van der Waals surface area contributed by atoms with Crippen molar-refractivity contribution in [2.24, 2.45) is 5.92 Å². The lowest BCUT2D eigenvalue weighted by atomic mass is 10.2. The predicted octanol–water partition coefficient (Wildman–Crippen LogP) is -0.414. The van der Waals surface area contributed by atoms with Gasteiger partial charge in [0.2, 0.25) is 0 Å². The fraction of sp³-hybridized carbons (Fsp3) is 0.727. The van der Waals surface area contributed by atoms with E-state index in [0.717, 1.165) is 0 Å². The molecule has 0 aliphatic carbocycles. The van der Waals surface area contributed by atoms with E-state index in [2.05, 4.69) is 10.1 Å². The van der Waals surface area contributed by atoms with Gasteiger partial charge in [-0.2, -0.15) is 0 Å². The first-order chi connectivity index (χ1) is 8.91. The summed E-state index contributed by atoms with van der Waals surface area (Å²) in [6.07, 6.45) is 0. The minimum absolute atomic E-state index is 0.280. The summed E-state index contributed by atoms with van der Waals surface area (Å²) in [5.41, 5.74) is 0. The molecule has 3 amide bonds. The Labute approximate surface area is 111 Å². The van der Waals surface area contributed by atoms with Crippen molar-refractivity contribution < 1.29 is 29.0 Å². The van der Waals surface area contributed by atoms with Crippen molar-refractivity contribution in [2.75, 3.05) is 33.0 Å². The maximum absolute atomic E-state index is 11.2. The summed E-state index contributed by atoms with van der Waals surface area (Å²) in [5, 5.41) is 12.7. The molecule has 0 saturated carbocycles. The van der Waals surface area contributed by atoms with Crippen molar-refractivity contribution in [3.63, 3.8) is 0 Å². The van der Waals surface area contributed by atoms with Crippen LogP contribution in [0.1, 0.15) is 13.8 Å². The molecule has 0 aliphatic rings. The second kappa shape index (κ2) is 10.3. The lowest BCUT2D eigenvalue weighted by molar-refractivity contribution is -0.143. The van der Waals surface area contributed by atoms with Crippen LogP contribution in [0.3, 0.4) is 0 Å². The third kappa shape index (κ3) is 12.6. The van der Waals surface area contributed by atoms with E-state index in [1.165, 1.54) is 0 Å². The van der Waals surface area contributed by atoms with Crippen LogP contribution < -0.4 is 10.6 Å². The maximum atomic E-state index is 11.2. The summed E-state index contributed by atoms with van der Waals surface area (Å²) >= 11 is 0. The average Bonchev–Trinajstić information content (AvgIpc) is 2.27. The molecule has 0 aromatic heterocycles. The van der Waals surface area contributed by atoms with Gasteiger partial charge in [-0.1, -0.05) is 13.8 Å². The van der Waals surface area contributed by atoms with Crippen molar-refractivity contribution in [2.45, 2.75) is 13.8 Å². The Morgan fingerprint density at radius 1 is 1.16 bits per heavy atom. The van der Waals surface area contributed by atoms with Gasteiger partial charge in [0, 0.05) is 13.2 Å². The van der Waals surface area contributed by atoms with Gasteiger partial charge in [-0.05, 0) is 5.92 Å². The van der Waals surface area contributed by atoms with Gasteiger partial charge in [-0.3, -0.25) is 10.1 Å². The summed E-state index contributed by atoms with van der Waals surface area (Å²) in [7, 11) is 0. The molecule has 110 valence electrons. The molecule has 0 heterocycles. The molecule has 0 saturated heterocycles. The lowest BCUT2D eigenvalue weighted by Gasteiger charge is -2.08. The van der Waals surface area contributed by atoms with Gasteiger partial charge in [0.1, 0.15) is 13.2 Å². The van der Waals surface area contributed by atoms with E-state index in [1.807, 2.05) is 19.2 Å². The van der Waals surface area contributed by atoms with Gasteiger partial charge in [-0.15, -0.1) is 0 Å². The molecule has 0 aliphatic heterocycles. The molecule has 19 heavy (non-hydrogen) atoms. The van der Waals surface area contributed by atoms with E-state index < -0.39 is 31.1 Å². The van der Waals surface area contributed by atoms with Crippen LogP contribution in [0, 0.1) is 5.92 Å². The Balaban J connectivity index is 3.52. The van der Waals surface area contributed by atoms with Crippen LogP contribution in [0.2, 0.25) is 0 Å². The highest BCUT2D eigenvalue weighted by Crippen LogP contribution is 1.90. The minimum Gasteiger partial charge on any atom is -0.480 e. The highest BCUT2D eigenvalue weighted by molar-refractivity contribution is 5.94. The number of carboxylic acid groups (broad SMARTS) is 1. The SMILES string of the molecule is CC(C)COCCNC(=O)NC(=O)COCC(=O)O. The van der Waals surface area contributed by atoms with Crippen molar-refractivity contribution in [3.05, 3.63) is 0 Å². The number of carbonyl (C=O) groups is 3. The number of urea groups is 1. The fourth-order valence-corrected chi connectivity index (χ4v) is 0.994. The molecule has 0 unspecified atom stereocenters. The van der Waals surface area contributed by atoms with Crippen LogP contribution in [0.25, 0.3) is 0 Å². The second-order valence-corrected chi connectivity index (χ2v) is 4.16. The van der Waals surface area contributed by atoms with E-state index in [-0.39, 0.29) is 6.54 Å². The molecular formula is C11H20N2O6. The number of rotatable bonds is 9. The van der Waals surface area contributed by atoms with E-state index in [1.54, 1.807) is 0 Å². The van der Waals surface area contributed by atoms with Crippen molar-refractivity contribution in [1.82, 2.24) is 10.6 Å². The first-order valence-electron chi connectivity index (χ1n) is 5.86. The number of hydrogen-bond donors (Lipinski definition) is 3. The standard InChI is InChI=1S/C11H20N2O6/c1-8(2)5-18-4-3-12-11(17)13-9(14)6-19-7-10(15)16/h8H,3-7H2,1-2H3,(H,15,16)(H2,12,13,14,17). The van der Waals surface area contributed by atoms with E-state index in [4.69, 9.17) is 9.84 Å². The Kier molecular flexibility index (Phi) is 9.37. The molecule has 0 rings (SSSR count). The summed E-state index contributed by atoms with van der Waals surface area (Å²) in [6.45, 7) is 4.19. The molecule has 0 spiro atoms. The average molecular weight is 276 g/mol. The third-order valence-electron chi connectivity index (χ3n) is 1.69. The number of hydrogen-bond acceptors (Lipinski definition) is 5. The number of amides is 3. The Hall–Kier alpha value is -1.67. The monoisotopic (exact) mass is 276 g/mol. The molecule has 8 heteroatoms. The van der Waals surface area contributed by atoms with Crippen molar-refractivity contribution in [3.8, 4) is 0 Å². The van der Waals surface area contributed by atoms with Gasteiger partial charge in [0.25, 0.3) is 5.91 Å². The quantitative estimate of drug-likeness (QED) is 0.493. The Morgan fingerprint density at radius 3 is 2.42 bits per heavy atom. The highest BCUT2D eigenvalue weighted by Gasteiger charge is 2.08. The third-order valence-corrected chi connectivity index (χ3v) is 1.69. The molecule has 8 nitrogen and oxygen atoms in total. The van der Waals surface area contributed by atoms with Gasteiger partial charge < -0.3 is 19.9 Å². The number of imide groups is 1. The predicted molar refractivity (Wildman–Crippen MR) is 65.7 cm³/mol. The van der Waals surface area contributed by atoms with Gasteiger partial charge in [-0.25, -0.2) is 9.59 Å². The van der Waals surface area contributed by atoms with Gasteiger partial charge >= 0.3 is 12.0 Å². The number of carbonyl (C=O) groups excluding carboxylic acids is 2. The van der Waals surface area contributed by atoms with Crippen LogP contribution in [-0.2, 0) is 19.1 Å². The van der Waals surface area contributed by atoms with E-state index in [9.17, 15) is 14.4 Å². The van der Waals surface area contributed by atoms with Crippen molar-refractivity contribution >= 4 is 17.9 Å². The van der Waals surface area contributed by atoms with Gasteiger partial charge in [0.15, 0.2) is 0 Å². The zero-order chi connectivity index (χ0) is 14.7. The van der Waals surface area contributed by atoms with Crippen molar-refractivity contribution in [1.29, 1.82) is 0 Å². The highest BCUT2D eigenvalue weighted by atomic mass is 16.5. The topological polar surface area (TPSA) is 114 Å². The summed E-state index contributed by atoms with van der Waals surface area (Å²) in [6, 6.07) is -0.669. The van der Waals surface area contributed by atoms with E-state index in [0.29, 0.717) is 19.1 Å². The Bertz CT molecular complexity index is 306. The zero-order valence-electron chi connectivity index (χ0n) is 11.1. The molecule has 0 atom stereocenters. The molecule has 3 N–H and O–H groups in total. The second-order valence-electron chi connectivity index (χ2n) is 4.16. The number of carboxylic acids is 1. The summed E-state index contributed by atoms with van der Waals surface area (Å²) in [4.78, 5) is 32.4. The van der Waals surface area contributed by atoms with Crippen LogP contribution in [0.15, 0.2) is 0 Å². The summed E-state index contributed by atoms with van der Waals surface area (Å²) < 4.78 is 9.74. The van der Waals surface area contributed by atoms with Crippen LogP contribution in [0.4, 0.5) is 4.79 Å². The molecule has 0 aromatic rings. The van der Waals surface area contributed by atoms with Crippen LogP contribution >= 0.6 is 0 Å². The molecule has 0 fully saturated rings. The first-order valence-corrected chi connectivity index (χ1v) is 5.86. The minimum atomic E-state index is -1.18. The zero-order valence-corrected chi connectivity index (χ0v) is 11.1.